The molecule has 9 heteroatoms. The smallest absolute Gasteiger partial charge is 0.344 e. The number of hydrogen-bond acceptors (Lipinski definition) is 7. The highest BCUT2D eigenvalue weighted by atomic mass is 79.9. The van der Waals surface area contributed by atoms with E-state index in [0.717, 1.165) is 0 Å². The molecule has 0 saturated carbocycles. The summed E-state index contributed by atoms with van der Waals surface area (Å²) in [6, 6.07) is 10.2. The van der Waals surface area contributed by atoms with Gasteiger partial charge in [0.25, 0.3) is 5.91 Å². The minimum absolute atomic E-state index is 0.238. The highest BCUT2D eigenvalue weighted by Crippen LogP contribution is 2.36. The molecule has 2 aromatic carbocycles. The maximum Gasteiger partial charge on any atom is 0.344 e. The van der Waals surface area contributed by atoms with Crippen LogP contribution < -0.4 is 19.6 Å². The van der Waals surface area contributed by atoms with Crippen LogP contribution >= 0.6 is 15.9 Å². The van der Waals surface area contributed by atoms with Crippen LogP contribution in [0.15, 0.2) is 46.0 Å². The van der Waals surface area contributed by atoms with E-state index in [1.165, 1.54) is 6.21 Å². The highest BCUT2D eigenvalue weighted by molar-refractivity contribution is 9.10. The van der Waals surface area contributed by atoms with E-state index in [4.69, 9.17) is 18.9 Å². The van der Waals surface area contributed by atoms with E-state index in [2.05, 4.69) is 26.5 Å². The number of amides is 1. The molecule has 0 aliphatic heterocycles. The van der Waals surface area contributed by atoms with Crippen molar-refractivity contribution in [3.8, 4) is 17.2 Å². The number of carbonyl (C=O) groups excluding carboxylic acids is 2. The third-order valence-electron chi connectivity index (χ3n) is 3.78. The molecule has 0 radical (unpaired) electrons. The molecule has 166 valence electrons. The summed E-state index contributed by atoms with van der Waals surface area (Å²) in [5.74, 6) is 0.685. The number of ether oxygens (including phenoxy) is 4. The molecule has 0 unspecified atom stereocenters. The van der Waals surface area contributed by atoms with Crippen molar-refractivity contribution in [3.05, 3.63) is 52.0 Å². The summed E-state index contributed by atoms with van der Waals surface area (Å²) >= 11 is 3.42. The largest absolute Gasteiger partial charge is 0.494 e. The van der Waals surface area contributed by atoms with Gasteiger partial charge in [-0.1, -0.05) is 0 Å². The normalized spacial score (nSPS) is 10.6. The van der Waals surface area contributed by atoms with Gasteiger partial charge in [0.1, 0.15) is 5.75 Å². The Hall–Kier alpha value is -3.07. The van der Waals surface area contributed by atoms with Crippen LogP contribution in [-0.2, 0) is 9.53 Å². The second-order valence-corrected chi connectivity index (χ2v) is 6.87. The Morgan fingerprint density at radius 2 is 1.71 bits per heavy atom. The molecule has 0 fully saturated rings. The van der Waals surface area contributed by atoms with Crippen LogP contribution in [0, 0.1) is 0 Å². The summed E-state index contributed by atoms with van der Waals surface area (Å²) in [5, 5.41) is 4.00. The predicted molar refractivity (Wildman–Crippen MR) is 120 cm³/mol. The van der Waals surface area contributed by atoms with E-state index in [9.17, 15) is 9.59 Å². The van der Waals surface area contributed by atoms with Crippen molar-refractivity contribution in [2.45, 2.75) is 20.8 Å². The summed E-state index contributed by atoms with van der Waals surface area (Å²) in [4.78, 5) is 23.8. The number of hydrazone groups is 1. The molecule has 0 saturated heterocycles. The van der Waals surface area contributed by atoms with E-state index < -0.39 is 5.97 Å². The van der Waals surface area contributed by atoms with Crippen LogP contribution in [0.3, 0.4) is 0 Å². The number of halogens is 1. The first-order valence-electron chi connectivity index (χ1n) is 9.79. The molecular formula is C22H25BrN2O6. The van der Waals surface area contributed by atoms with E-state index >= 15 is 0 Å². The molecule has 0 bridgehead atoms. The van der Waals surface area contributed by atoms with Crippen molar-refractivity contribution in [1.29, 1.82) is 0 Å². The lowest BCUT2D eigenvalue weighted by Crippen LogP contribution is -2.17. The number of carbonyl (C=O) groups is 2. The fourth-order valence-electron chi connectivity index (χ4n) is 2.50. The average molecular weight is 493 g/mol. The van der Waals surface area contributed by atoms with Gasteiger partial charge in [0.15, 0.2) is 18.1 Å². The quantitative estimate of drug-likeness (QED) is 0.289. The van der Waals surface area contributed by atoms with Gasteiger partial charge in [0.2, 0.25) is 0 Å². The van der Waals surface area contributed by atoms with Gasteiger partial charge in [0, 0.05) is 5.56 Å². The second-order valence-electron chi connectivity index (χ2n) is 6.01. The van der Waals surface area contributed by atoms with Crippen molar-refractivity contribution in [1.82, 2.24) is 5.43 Å². The SMILES string of the molecule is CCOC(=O)COc1c(Br)cc(/C=N\NC(=O)c2ccc(OCC)cc2)cc1OCC. The molecule has 1 N–H and O–H groups in total. The zero-order chi connectivity index (χ0) is 22.6. The first kappa shape index (κ1) is 24.2. The molecule has 0 spiro atoms. The lowest BCUT2D eigenvalue weighted by molar-refractivity contribution is -0.145. The van der Waals surface area contributed by atoms with Crippen molar-refractivity contribution < 1.29 is 28.5 Å². The Morgan fingerprint density at radius 3 is 2.35 bits per heavy atom. The van der Waals surface area contributed by atoms with Crippen molar-refractivity contribution in [2.24, 2.45) is 5.10 Å². The van der Waals surface area contributed by atoms with Crippen LogP contribution in [0.2, 0.25) is 0 Å². The van der Waals surface area contributed by atoms with Gasteiger partial charge < -0.3 is 18.9 Å². The molecular weight excluding hydrogens is 468 g/mol. The lowest BCUT2D eigenvalue weighted by Gasteiger charge is -2.14. The zero-order valence-corrected chi connectivity index (χ0v) is 19.2. The maximum atomic E-state index is 12.2. The Bertz CT molecular complexity index is 915. The number of nitrogens with zero attached hydrogens (tertiary/aromatic N) is 1. The van der Waals surface area contributed by atoms with Crippen molar-refractivity contribution in [3.63, 3.8) is 0 Å². The molecule has 0 aliphatic rings. The minimum Gasteiger partial charge on any atom is -0.494 e. The molecule has 8 nitrogen and oxygen atoms in total. The first-order valence-corrected chi connectivity index (χ1v) is 10.6. The van der Waals surface area contributed by atoms with Gasteiger partial charge in [-0.15, -0.1) is 0 Å². The molecule has 0 aromatic heterocycles. The van der Waals surface area contributed by atoms with Gasteiger partial charge in [0.05, 0.1) is 30.5 Å². The Balaban J connectivity index is 2.07. The van der Waals surface area contributed by atoms with Crippen molar-refractivity contribution >= 4 is 34.0 Å². The molecule has 2 aromatic rings. The van der Waals surface area contributed by atoms with Crippen LogP contribution in [0.4, 0.5) is 0 Å². The topological polar surface area (TPSA) is 95.5 Å². The first-order chi connectivity index (χ1) is 15.0. The summed E-state index contributed by atoms with van der Waals surface area (Å²) in [6.07, 6.45) is 1.48. The Kier molecular flexibility index (Phi) is 9.83. The molecule has 0 heterocycles. The maximum absolute atomic E-state index is 12.2. The molecule has 0 aliphatic carbocycles. The van der Waals surface area contributed by atoms with Gasteiger partial charge >= 0.3 is 5.97 Å². The summed E-state index contributed by atoms with van der Waals surface area (Å²) in [6.45, 7) is 6.45. The lowest BCUT2D eigenvalue weighted by atomic mass is 10.2. The third-order valence-corrected chi connectivity index (χ3v) is 4.37. The van der Waals surface area contributed by atoms with Crippen LogP contribution in [0.1, 0.15) is 36.7 Å². The fraction of sp³-hybridized carbons (Fsp3) is 0.318. The van der Waals surface area contributed by atoms with E-state index in [-0.39, 0.29) is 19.1 Å². The van der Waals surface area contributed by atoms with Gasteiger partial charge in [-0.2, -0.15) is 5.10 Å². The monoisotopic (exact) mass is 492 g/mol. The number of nitrogens with one attached hydrogen (secondary N) is 1. The standard InChI is InChI=1S/C22H25BrN2O6/c1-4-28-17-9-7-16(8-10-17)22(27)25-24-13-15-11-18(23)21(19(12-15)29-5-2)31-14-20(26)30-6-3/h7-13H,4-6,14H2,1-3H3,(H,25,27)/b24-13-. The predicted octanol–water partition coefficient (Wildman–Crippen LogP) is 3.95. The minimum atomic E-state index is -0.473. The number of rotatable bonds is 11. The summed E-state index contributed by atoms with van der Waals surface area (Å²) in [5.41, 5.74) is 3.60. The van der Waals surface area contributed by atoms with E-state index in [0.29, 0.717) is 46.1 Å². The summed E-state index contributed by atoms with van der Waals surface area (Å²) < 4.78 is 22.0. The van der Waals surface area contributed by atoms with E-state index in [1.807, 2.05) is 13.8 Å². The van der Waals surface area contributed by atoms with Crippen LogP contribution in [0.5, 0.6) is 17.2 Å². The molecule has 31 heavy (non-hydrogen) atoms. The Morgan fingerprint density at radius 1 is 1.00 bits per heavy atom. The third kappa shape index (κ3) is 7.60. The number of benzene rings is 2. The van der Waals surface area contributed by atoms with Gasteiger partial charge in [-0.25, -0.2) is 10.2 Å². The number of hydrogen-bond donors (Lipinski definition) is 1. The fourth-order valence-corrected chi connectivity index (χ4v) is 3.07. The Labute approximate surface area is 189 Å². The highest BCUT2D eigenvalue weighted by Gasteiger charge is 2.14. The summed E-state index contributed by atoms with van der Waals surface area (Å²) in [7, 11) is 0. The van der Waals surface area contributed by atoms with Crippen LogP contribution in [0.25, 0.3) is 0 Å². The average Bonchev–Trinajstić information content (AvgIpc) is 2.74. The molecule has 0 atom stereocenters. The van der Waals surface area contributed by atoms with Crippen molar-refractivity contribution in [2.75, 3.05) is 26.4 Å². The second kappa shape index (κ2) is 12.6. The van der Waals surface area contributed by atoms with Gasteiger partial charge in [-0.05, 0) is 78.7 Å². The van der Waals surface area contributed by atoms with Gasteiger partial charge in [-0.3, -0.25) is 4.79 Å². The number of esters is 1. The molecule has 1 amide bonds. The van der Waals surface area contributed by atoms with E-state index in [1.54, 1.807) is 43.3 Å². The van der Waals surface area contributed by atoms with Crippen LogP contribution in [-0.4, -0.2) is 44.5 Å². The zero-order valence-electron chi connectivity index (χ0n) is 17.6. The molecule has 2 rings (SSSR count).